The Kier molecular flexibility index (Phi) is 9.65. The lowest BCUT2D eigenvalue weighted by Gasteiger charge is -2.40. The van der Waals surface area contributed by atoms with E-state index in [2.05, 4.69) is 17.2 Å². The molecule has 0 radical (unpaired) electrons. The first-order valence-corrected chi connectivity index (χ1v) is 7.67. The van der Waals surface area contributed by atoms with Crippen molar-refractivity contribution in [2.24, 2.45) is 11.7 Å². The molecule has 0 spiro atoms. The fraction of sp³-hybridized carbons (Fsp3) is 0.625. The molecule has 1 aromatic rings. The van der Waals surface area contributed by atoms with E-state index in [0.717, 1.165) is 44.2 Å². The Labute approximate surface area is 145 Å². The monoisotopic (exact) mass is 347 g/mol. The molecule has 0 saturated heterocycles. The van der Waals surface area contributed by atoms with Gasteiger partial charge in [-0.15, -0.1) is 24.8 Å². The minimum absolute atomic E-state index is 0. The van der Waals surface area contributed by atoms with Gasteiger partial charge in [0.05, 0.1) is 5.54 Å². The van der Waals surface area contributed by atoms with E-state index in [0.29, 0.717) is 5.92 Å². The van der Waals surface area contributed by atoms with E-state index in [1.54, 1.807) is 24.5 Å². The molecule has 2 atom stereocenters. The van der Waals surface area contributed by atoms with E-state index < -0.39 is 5.54 Å². The maximum absolute atomic E-state index is 12.6. The molecule has 1 aliphatic carbocycles. The van der Waals surface area contributed by atoms with Crippen LogP contribution in [0.2, 0.25) is 0 Å². The van der Waals surface area contributed by atoms with E-state index in [9.17, 15) is 4.79 Å². The predicted octanol–water partition coefficient (Wildman–Crippen LogP) is 3.94. The van der Waals surface area contributed by atoms with Crippen molar-refractivity contribution in [1.82, 2.24) is 4.98 Å². The average molecular weight is 348 g/mol. The maximum atomic E-state index is 12.6. The molecule has 0 bridgehead atoms. The summed E-state index contributed by atoms with van der Waals surface area (Å²) in [5, 5.41) is 2.95. The average Bonchev–Trinajstić information content (AvgIpc) is 2.47. The molecule has 1 heterocycles. The Bertz CT molecular complexity index is 444. The Morgan fingerprint density at radius 3 is 2.68 bits per heavy atom. The number of carbonyl (C=O) groups is 1. The van der Waals surface area contributed by atoms with Crippen LogP contribution < -0.4 is 11.1 Å². The second-order valence-corrected chi connectivity index (χ2v) is 5.82. The minimum atomic E-state index is -0.712. The number of halogens is 2. The third-order valence-corrected chi connectivity index (χ3v) is 4.39. The van der Waals surface area contributed by atoms with Gasteiger partial charge in [-0.2, -0.15) is 0 Å². The number of pyridine rings is 1. The van der Waals surface area contributed by atoms with Crippen LogP contribution in [0.1, 0.15) is 51.9 Å². The number of nitrogens with one attached hydrogen (secondary N) is 1. The SMILES string of the molecule is CCCC[C@H]1CCCC[C@]1(N)C(=O)Nc1ccncc1.Cl.Cl. The predicted molar refractivity (Wildman–Crippen MR) is 95.8 cm³/mol. The fourth-order valence-electron chi connectivity index (χ4n) is 3.10. The second-order valence-electron chi connectivity index (χ2n) is 5.82. The zero-order valence-corrected chi connectivity index (χ0v) is 14.7. The zero-order chi connectivity index (χ0) is 14.4. The number of unbranched alkanes of at least 4 members (excludes halogenated alkanes) is 1. The summed E-state index contributed by atoms with van der Waals surface area (Å²) in [7, 11) is 0. The van der Waals surface area contributed by atoms with E-state index in [-0.39, 0.29) is 30.7 Å². The Hall–Kier alpha value is -0.840. The van der Waals surface area contributed by atoms with Crippen LogP contribution in [0.15, 0.2) is 24.5 Å². The van der Waals surface area contributed by atoms with Crippen molar-refractivity contribution in [3.8, 4) is 0 Å². The summed E-state index contributed by atoms with van der Waals surface area (Å²) in [5.41, 5.74) is 6.57. The van der Waals surface area contributed by atoms with E-state index >= 15 is 0 Å². The van der Waals surface area contributed by atoms with Gasteiger partial charge in [-0.05, 0) is 37.3 Å². The molecule has 6 heteroatoms. The largest absolute Gasteiger partial charge is 0.324 e. The normalized spacial score (nSPS) is 23.8. The lowest BCUT2D eigenvalue weighted by molar-refractivity contribution is -0.124. The van der Waals surface area contributed by atoms with Gasteiger partial charge in [0.1, 0.15) is 0 Å². The number of aromatic nitrogens is 1. The first kappa shape index (κ1) is 21.2. The van der Waals surface area contributed by atoms with Gasteiger partial charge in [0.15, 0.2) is 0 Å². The number of nitrogens with two attached hydrogens (primary N) is 1. The van der Waals surface area contributed by atoms with E-state index in [1.165, 1.54) is 6.42 Å². The Balaban J connectivity index is 0.00000220. The first-order valence-electron chi connectivity index (χ1n) is 7.67. The summed E-state index contributed by atoms with van der Waals surface area (Å²) in [6.45, 7) is 2.18. The molecular formula is C16H27Cl2N3O. The van der Waals surface area contributed by atoms with Crippen molar-refractivity contribution in [3.63, 3.8) is 0 Å². The van der Waals surface area contributed by atoms with Gasteiger partial charge in [-0.25, -0.2) is 0 Å². The van der Waals surface area contributed by atoms with Crippen LogP contribution in [0, 0.1) is 5.92 Å². The topological polar surface area (TPSA) is 68.0 Å². The molecule has 1 aromatic heterocycles. The lowest BCUT2D eigenvalue weighted by Crippen LogP contribution is -2.58. The summed E-state index contributed by atoms with van der Waals surface area (Å²) in [4.78, 5) is 16.6. The molecule has 4 nitrogen and oxygen atoms in total. The summed E-state index contributed by atoms with van der Waals surface area (Å²) in [5.74, 6) is 0.266. The van der Waals surface area contributed by atoms with Gasteiger partial charge < -0.3 is 11.1 Å². The molecule has 3 N–H and O–H groups in total. The molecule has 0 aromatic carbocycles. The molecule has 1 fully saturated rings. The maximum Gasteiger partial charge on any atom is 0.244 e. The Morgan fingerprint density at radius 1 is 1.36 bits per heavy atom. The van der Waals surface area contributed by atoms with Crippen LogP contribution in [0.3, 0.4) is 0 Å². The molecule has 2 rings (SSSR count). The van der Waals surface area contributed by atoms with Crippen molar-refractivity contribution in [1.29, 1.82) is 0 Å². The van der Waals surface area contributed by atoms with Crippen LogP contribution in [-0.4, -0.2) is 16.4 Å². The second kappa shape index (κ2) is 10.0. The molecule has 126 valence electrons. The fourth-order valence-corrected chi connectivity index (χ4v) is 3.10. The van der Waals surface area contributed by atoms with Crippen molar-refractivity contribution in [2.45, 2.75) is 57.4 Å². The molecule has 22 heavy (non-hydrogen) atoms. The highest BCUT2D eigenvalue weighted by Gasteiger charge is 2.43. The van der Waals surface area contributed by atoms with Crippen LogP contribution in [0.5, 0.6) is 0 Å². The van der Waals surface area contributed by atoms with Crippen molar-refractivity contribution < 1.29 is 4.79 Å². The Morgan fingerprint density at radius 2 is 2.05 bits per heavy atom. The molecular weight excluding hydrogens is 321 g/mol. The summed E-state index contributed by atoms with van der Waals surface area (Å²) < 4.78 is 0. The molecule has 0 aliphatic heterocycles. The highest BCUT2D eigenvalue weighted by atomic mass is 35.5. The highest BCUT2D eigenvalue weighted by molar-refractivity contribution is 5.98. The number of hydrogen-bond acceptors (Lipinski definition) is 3. The van der Waals surface area contributed by atoms with Crippen molar-refractivity contribution >= 4 is 36.4 Å². The van der Waals surface area contributed by atoms with Crippen LogP contribution in [0.4, 0.5) is 5.69 Å². The number of nitrogens with zero attached hydrogens (tertiary/aromatic N) is 1. The number of amides is 1. The third kappa shape index (κ3) is 5.11. The molecule has 1 aliphatic rings. The smallest absolute Gasteiger partial charge is 0.244 e. The third-order valence-electron chi connectivity index (χ3n) is 4.39. The standard InChI is InChI=1S/C16H25N3O.2ClH/c1-2-3-6-13-7-4-5-10-16(13,17)15(20)19-14-8-11-18-12-9-14;;/h8-9,11-13H,2-7,10,17H2,1H3,(H,18,19,20);2*1H/t13-,16+;;/m0../s1. The summed E-state index contributed by atoms with van der Waals surface area (Å²) in [6, 6.07) is 3.59. The van der Waals surface area contributed by atoms with Gasteiger partial charge in [0.2, 0.25) is 5.91 Å². The molecule has 1 amide bonds. The summed E-state index contributed by atoms with van der Waals surface area (Å²) >= 11 is 0. The van der Waals surface area contributed by atoms with E-state index in [1.807, 2.05) is 0 Å². The van der Waals surface area contributed by atoms with Gasteiger partial charge in [0, 0.05) is 18.1 Å². The van der Waals surface area contributed by atoms with E-state index in [4.69, 9.17) is 5.73 Å². The van der Waals surface area contributed by atoms with Crippen LogP contribution in [0.25, 0.3) is 0 Å². The minimum Gasteiger partial charge on any atom is -0.324 e. The van der Waals surface area contributed by atoms with Crippen LogP contribution >= 0.6 is 24.8 Å². The van der Waals surface area contributed by atoms with Gasteiger partial charge in [0.25, 0.3) is 0 Å². The first-order chi connectivity index (χ1) is 9.66. The van der Waals surface area contributed by atoms with Crippen molar-refractivity contribution in [2.75, 3.05) is 5.32 Å². The highest BCUT2D eigenvalue weighted by Crippen LogP contribution is 2.36. The zero-order valence-electron chi connectivity index (χ0n) is 13.1. The number of hydrogen-bond donors (Lipinski definition) is 2. The number of rotatable bonds is 5. The summed E-state index contributed by atoms with van der Waals surface area (Å²) in [6.07, 6.45) is 10.8. The lowest BCUT2D eigenvalue weighted by atomic mass is 9.70. The number of anilines is 1. The molecule has 0 unspecified atom stereocenters. The number of carbonyl (C=O) groups excluding carboxylic acids is 1. The van der Waals surface area contributed by atoms with Gasteiger partial charge in [-0.1, -0.05) is 32.6 Å². The van der Waals surface area contributed by atoms with Crippen molar-refractivity contribution in [3.05, 3.63) is 24.5 Å². The van der Waals surface area contributed by atoms with Crippen LogP contribution in [-0.2, 0) is 4.79 Å². The molecule has 1 saturated carbocycles. The quantitative estimate of drug-likeness (QED) is 0.847. The van der Waals surface area contributed by atoms with Gasteiger partial charge in [-0.3, -0.25) is 9.78 Å². The van der Waals surface area contributed by atoms with Gasteiger partial charge >= 0.3 is 0 Å².